The molecule has 16 heteroatoms. The molecular weight excluding hydrogens is 823 g/mol. The van der Waals surface area contributed by atoms with Crippen molar-refractivity contribution in [1.29, 1.82) is 0 Å². The van der Waals surface area contributed by atoms with Gasteiger partial charge in [0, 0.05) is 36.6 Å². The van der Waals surface area contributed by atoms with Crippen molar-refractivity contribution in [3.05, 3.63) is 43.1 Å². The molecule has 0 radical (unpaired) electrons. The van der Waals surface area contributed by atoms with Crippen molar-refractivity contribution in [2.75, 3.05) is 26.7 Å². The minimum absolute atomic E-state index is 0.0943. The number of ether oxygens (including phenoxy) is 1. The number of fused-ring (bicyclic) bond motifs is 1. The largest absolute Gasteiger partial charge is 0.446 e. The quantitative estimate of drug-likeness (QED) is 0.170. The van der Waals surface area contributed by atoms with Gasteiger partial charge in [0.2, 0.25) is 17.7 Å². The van der Waals surface area contributed by atoms with Crippen LogP contribution < -0.4 is 20.7 Å². The van der Waals surface area contributed by atoms with E-state index in [0.29, 0.717) is 30.2 Å². The second-order valence-corrected chi connectivity index (χ2v) is 22.9. The number of nitrogens with zero attached hydrogens (tertiary/aromatic N) is 2. The zero-order chi connectivity index (χ0) is 45.8. The maximum absolute atomic E-state index is 15.3. The fourth-order valence-corrected chi connectivity index (χ4v) is 12.3. The molecule has 1 aromatic carbocycles. The third-order valence-corrected chi connectivity index (χ3v) is 17.0. The molecule has 0 unspecified atom stereocenters. The summed E-state index contributed by atoms with van der Waals surface area (Å²) in [6.45, 7) is 17.5. The molecule has 1 spiro atoms. The first kappa shape index (κ1) is 46.5. The van der Waals surface area contributed by atoms with Crippen molar-refractivity contribution >= 4 is 50.6 Å². The number of hydrogen-bond donors (Lipinski definition) is 5. The highest BCUT2D eigenvalue weighted by Gasteiger charge is 2.70. The summed E-state index contributed by atoms with van der Waals surface area (Å²) in [6.07, 6.45) is 11.1. The Morgan fingerprint density at radius 2 is 1.65 bits per heavy atom. The first-order valence-corrected chi connectivity index (χ1v) is 24.4. The third-order valence-electron chi connectivity index (χ3n) is 15.7. The van der Waals surface area contributed by atoms with Crippen LogP contribution in [0.3, 0.4) is 0 Å². The average Bonchev–Trinajstić information content (AvgIpc) is 3.62. The van der Waals surface area contributed by atoms with Crippen molar-refractivity contribution in [2.24, 2.45) is 27.6 Å². The van der Waals surface area contributed by atoms with E-state index < -0.39 is 79.7 Å². The Hall–Kier alpha value is -4.44. The van der Waals surface area contributed by atoms with Gasteiger partial charge in [0.05, 0.1) is 5.52 Å². The van der Waals surface area contributed by atoms with E-state index in [1.54, 1.807) is 42.3 Å². The Bertz CT molecular complexity index is 2220. The second-order valence-electron chi connectivity index (χ2n) is 21.3. The molecule has 5 N–H and O–H groups in total. The molecule has 3 heterocycles. The van der Waals surface area contributed by atoms with Crippen molar-refractivity contribution in [3.63, 3.8) is 0 Å². The minimum atomic E-state index is -4.40. The zero-order valence-corrected chi connectivity index (χ0v) is 39.0. The van der Waals surface area contributed by atoms with Gasteiger partial charge >= 0.3 is 6.09 Å². The fraction of sp³-hybridized carbons (Fsp3) is 0.681. The molecule has 2 aromatic rings. The van der Waals surface area contributed by atoms with E-state index in [-0.39, 0.29) is 35.3 Å². The molecule has 2 aliphatic heterocycles. The van der Waals surface area contributed by atoms with Crippen LogP contribution in [-0.2, 0) is 33.9 Å². The number of benzene rings is 1. The van der Waals surface area contributed by atoms with Crippen molar-refractivity contribution in [2.45, 2.75) is 153 Å². The van der Waals surface area contributed by atoms with Crippen molar-refractivity contribution in [3.8, 4) is 0 Å². The number of H-pyrrole nitrogens is 1. The molecule has 5 aliphatic rings. The first-order chi connectivity index (χ1) is 29.6. The number of carbonyl (C=O) groups excluding carboxylic acids is 5. The van der Waals surface area contributed by atoms with Crippen LogP contribution in [0.25, 0.3) is 10.9 Å². The molecule has 7 rings (SSSR count). The van der Waals surface area contributed by atoms with Crippen LogP contribution in [0, 0.1) is 27.6 Å². The van der Waals surface area contributed by atoms with Gasteiger partial charge in [-0.05, 0) is 92.7 Å². The van der Waals surface area contributed by atoms with Crippen molar-refractivity contribution in [1.82, 2.24) is 35.5 Å². The number of aromatic nitrogens is 1. The topological polar surface area (TPSA) is 199 Å². The predicted octanol–water partition coefficient (Wildman–Crippen LogP) is 5.52. The summed E-state index contributed by atoms with van der Waals surface area (Å²) in [5.41, 5.74) is -3.80. The van der Waals surface area contributed by atoms with Gasteiger partial charge in [0.25, 0.3) is 15.9 Å². The molecule has 2 saturated heterocycles. The van der Waals surface area contributed by atoms with Gasteiger partial charge in [-0.2, -0.15) is 0 Å². The van der Waals surface area contributed by atoms with Gasteiger partial charge in [-0.25, -0.2) is 17.9 Å². The lowest BCUT2D eigenvalue weighted by Crippen LogP contribution is -2.62. The van der Waals surface area contributed by atoms with Gasteiger partial charge in [-0.3, -0.25) is 19.2 Å². The number of sulfonamides is 1. The number of para-hydroxylation sites is 1. The van der Waals surface area contributed by atoms with Crippen LogP contribution in [0.4, 0.5) is 4.79 Å². The minimum Gasteiger partial charge on any atom is -0.446 e. The number of aromatic amines is 1. The van der Waals surface area contributed by atoms with Crippen LogP contribution in [0.5, 0.6) is 0 Å². The molecule has 346 valence electrons. The number of likely N-dealkylation sites (tertiary alicyclic amines) is 2. The van der Waals surface area contributed by atoms with E-state index in [1.165, 1.54) is 6.07 Å². The maximum atomic E-state index is 15.3. The lowest BCUT2D eigenvalue weighted by molar-refractivity contribution is -0.145. The molecule has 3 aliphatic carbocycles. The van der Waals surface area contributed by atoms with E-state index in [2.05, 4.69) is 51.0 Å². The van der Waals surface area contributed by atoms with E-state index in [1.807, 2.05) is 27.8 Å². The number of amides is 5. The predicted molar refractivity (Wildman–Crippen MR) is 239 cm³/mol. The lowest BCUT2D eigenvalue weighted by Gasteiger charge is -2.40. The van der Waals surface area contributed by atoms with E-state index in [9.17, 15) is 27.6 Å². The highest BCUT2D eigenvalue weighted by Crippen LogP contribution is 2.60. The number of piperidine rings is 1. The molecule has 5 amide bonds. The number of carbonyl (C=O) groups is 5. The fourth-order valence-electron chi connectivity index (χ4n) is 11.1. The van der Waals surface area contributed by atoms with E-state index >= 15 is 4.79 Å². The summed E-state index contributed by atoms with van der Waals surface area (Å²) in [5, 5.41) is 9.61. The summed E-state index contributed by atoms with van der Waals surface area (Å²) in [7, 11) is -2.37. The number of alkyl carbamates (subject to hydrolysis) is 1. The Morgan fingerprint density at radius 1 is 0.952 bits per heavy atom. The van der Waals surface area contributed by atoms with Crippen molar-refractivity contribution < 1.29 is 37.1 Å². The summed E-state index contributed by atoms with van der Waals surface area (Å²) >= 11 is 0. The first-order valence-electron chi connectivity index (χ1n) is 22.9. The normalized spacial score (nSPS) is 28.9. The van der Waals surface area contributed by atoms with E-state index in [4.69, 9.17) is 4.74 Å². The Kier molecular flexibility index (Phi) is 12.7. The highest BCUT2D eigenvalue weighted by atomic mass is 32.2. The zero-order valence-electron chi connectivity index (χ0n) is 38.2. The molecule has 0 bridgehead atoms. The molecule has 63 heavy (non-hydrogen) atoms. The third kappa shape index (κ3) is 8.99. The summed E-state index contributed by atoms with van der Waals surface area (Å²) < 4.78 is 35.7. The number of rotatable bonds is 12. The van der Waals surface area contributed by atoms with Crippen LogP contribution in [0.15, 0.2) is 48.0 Å². The Morgan fingerprint density at radius 3 is 2.27 bits per heavy atom. The van der Waals surface area contributed by atoms with Gasteiger partial charge < -0.3 is 35.5 Å². The average molecular weight is 892 g/mol. The van der Waals surface area contributed by atoms with Crippen LogP contribution in [-0.4, -0.2) is 109 Å². The standard InChI is InChI=1S/C47H69N7O8S/c1-9-45(7)28-47(45,41(58)52-63(60,61)34-18-13-17-31-19-24-48-35(31)34)51-38(55)33-27-46(23-14-22-44(46,5)6)29-54(33)40(57)37(43(2,3)4)50-39(56)36(30-15-11-10-12-16-30)49-42(59)62-32-20-25-53(8)26-21-32/h9,13,17-19,24,30,32-33,36-37,48H,1,10-12,14-16,20-23,25-29H2,2-8H3,(H,49,59)(H,50,56)(H,51,55)(H,52,58)/t33-,36-,37+,45+,46-,47-/m0/s1. The van der Waals surface area contributed by atoms with E-state index in [0.717, 1.165) is 64.5 Å². The number of hydrogen-bond acceptors (Lipinski definition) is 9. The van der Waals surface area contributed by atoms with Gasteiger partial charge in [0.1, 0.15) is 34.7 Å². The molecule has 6 atom stereocenters. The smallest absolute Gasteiger partial charge is 0.408 e. The molecule has 1 aromatic heterocycles. The summed E-state index contributed by atoms with van der Waals surface area (Å²) in [5.74, 6) is -2.53. The number of nitrogens with one attached hydrogen (secondary N) is 5. The lowest BCUT2D eigenvalue weighted by atomic mass is 9.66. The molecular formula is C47H69N7O8S. The van der Waals surface area contributed by atoms with Gasteiger partial charge in [-0.15, -0.1) is 6.58 Å². The van der Waals surface area contributed by atoms with Crippen LogP contribution >= 0.6 is 0 Å². The highest BCUT2D eigenvalue weighted by molar-refractivity contribution is 7.90. The summed E-state index contributed by atoms with van der Waals surface area (Å²) in [6, 6.07) is 3.44. The van der Waals surface area contributed by atoms with Gasteiger partial charge in [0.15, 0.2) is 0 Å². The second kappa shape index (κ2) is 17.2. The van der Waals surface area contributed by atoms with Gasteiger partial charge in [-0.1, -0.05) is 85.4 Å². The Balaban J connectivity index is 1.15. The van der Waals surface area contributed by atoms with Crippen LogP contribution in [0.2, 0.25) is 0 Å². The molecule has 15 nitrogen and oxygen atoms in total. The SMILES string of the molecule is C=C[C@]1(C)C[C@]1(NC(=O)[C@@H]1C[C@@]2(CCCC2(C)C)CN1C(=O)[C@@H](NC(=O)[C@@H](NC(=O)OC1CCN(C)CC1)C1CCCCC1)C(C)(C)C)C(=O)NS(=O)(=O)c1cccc2cc[nH]c12. The van der Waals surface area contributed by atoms with Crippen LogP contribution in [0.1, 0.15) is 119 Å². The molecule has 5 fully saturated rings. The monoisotopic (exact) mass is 891 g/mol. The Labute approximate surface area is 372 Å². The summed E-state index contributed by atoms with van der Waals surface area (Å²) in [4.78, 5) is 79.1. The maximum Gasteiger partial charge on any atom is 0.408 e. The molecule has 3 saturated carbocycles.